The Balaban J connectivity index is 0.000000177. The molecule has 8 rings (SSSR count). The van der Waals surface area contributed by atoms with Crippen LogP contribution >= 0.6 is 0 Å². The number of phenols is 1. The van der Waals surface area contributed by atoms with Gasteiger partial charge in [-0.05, 0) is 101 Å². The Morgan fingerprint density at radius 2 is 1.31 bits per heavy atom. The second-order valence-corrected chi connectivity index (χ2v) is 14.5. The summed E-state index contributed by atoms with van der Waals surface area (Å²) >= 11 is 0. The summed E-state index contributed by atoms with van der Waals surface area (Å²) in [6.07, 6.45) is 4.32. The average Bonchev–Trinajstić information content (AvgIpc) is 3.50. The lowest BCUT2D eigenvalue weighted by Crippen LogP contribution is -2.32. The number of carboxylic acids is 2. The summed E-state index contributed by atoms with van der Waals surface area (Å²) < 4.78 is 4.56. The molecule has 0 atom stereocenters. The second kappa shape index (κ2) is 16.0. The van der Waals surface area contributed by atoms with Crippen LogP contribution < -0.4 is 14.6 Å². The smallest absolute Gasteiger partial charge is 0.339 e. The molecule has 9 nitrogen and oxygen atoms in total. The van der Waals surface area contributed by atoms with Crippen molar-refractivity contribution in [1.29, 1.82) is 0 Å². The third kappa shape index (κ3) is 7.45. The number of aromatic carboxylic acids is 2. The molecule has 6 aromatic carbocycles. The molecule has 0 fully saturated rings. The molecule has 58 heavy (non-hydrogen) atoms. The fourth-order valence-corrected chi connectivity index (χ4v) is 7.63. The Kier molecular flexibility index (Phi) is 10.7. The maximum Gasteiger partial charge on any atom is 0.339 e. The van der Waals surface area contributed by atoms with E-state index in [-0.39, 0.29) is 28.7 Å². The fraction of sp³-hybridized carbons (Fsp3) is 0.122. The van der Waals surface area contributed by atoms with Crippen molar-refractivity contribution in [2.24, 2.45) is 7.05 Å². The normalized spacial score (nSPS) is 11.3. The number of hydrogen-bond donors (Lipinski definition) is 3. The molecule has 0 aliphatic heterocycles. The standard InChI is InChI=1S/C26H28N3.C23H16O6/c1-19-17-21(20(2)29(19)24-9-7-6-8-10-24)11-13-23-14-12-22-18-25(27(3)4)15-16-26(22)28(23)5;24-20-16(14-7-3-1-5-12(14)9-18(20)22(26)27)11-17-15-8-4-2-6-13(15)10-19(21(17)25)23(28)29/h6-18H,1-5H3;1-10,24-25H,11H2,(H,26,27)(H,28,29)/q+1;/p-1. The van der Waals surface area contributed by atoms with Crippen molar-refractivity contribution in [2.75, 3.05) is 19.0 Å². The van der Waals surface area contributed by atoms with Gasteiger partial charge in [-0.3, -0.25) is 0 Å². The van der Waals surface area contributed by atoms with Gasteiger partial charge in [-0.25, -0.2) is 9.59 Å². The van der Waals surface area contributed by atoms with Crippen LogP contribution in [0.3, 0.4) is 0 Å². The maximum absolute atomic E-state index is 12.9. The first-order valence-electron chi connectivity index (χ1n) is 18.8. The number of aromatic hydroxyl groups is 1. The van der Waals surface area contributed by atoms with Crippen LogP contribution in [-0.4, -0.2) is 45.9 Å². The number of aryl methyl sites for hydroxylation is 2. The van der Waals surface area contributed by atoms with Crippen LogP contribution in [0.1, 0.15) is 54.5 Å². The topological polar surface area (TPSA) is 130 Å². The van der Waals surface area contributed by atoms with Crippen LogP contribution in [0, 0.1) is 13.8 Å². The minimum atomic E-state index is -1.34. The Bertz CT molecular complexity index is 2810. The molecular weight excluding hydrogens is 727 g/mol. The van der Waals surface area contributed by atoms with Crippen LogP contribution in [0.5, 0.6) is 11.5 Å². The van der Waals surface area contributed by atoms with Crippen molar-refractivity contribution in [3.63, 3.8) is 0 Å². The van der Waals surface area contributed by atoms with Gasteiger partial charge in [-0.2, -0.15) is 4.57 Å². The SMILES string of the molecule is Cc1cc(/C=C\c2ccc3cc(N(C)C)ccc3[n+]2C)c(C)n1-c1ccccc1.O=C(O)c1cc2ccccc2c(Cc2c(O)c(C(=O)O)cc3ccccc23)c1[O-]. The Hall–Kier alpha value is -7.39. The van der Waals surface area contributed by atoms with Crippen molar-refractivity contribution in [1.82, 2.24) is 4.57 Å². The van der Waals surface area contributed by atoms with Crippen LogP contribution in [0.25, 0.3) is 50.3 Å². The monoisotopic (exact) mass is 769 g/mol. The van der Waals surface area contributed by atoms with E-state index in [4.69, 9.17) is 0 Å². The van der Waals surface area contributed by atoms with Crippen LogP contribution in [0.2, 0.25) is 0 Å². The minimum absolute atomic E-state index is 0.103. The van der Waals surface area contributed by atoms with Crippen molar-refractivity contribution < 1.29 is 34.6 Å². The summed E-state index contributed by atoms with van der Waals surface area (Å²) in [5.74, 6) is -3.71. The molecule has 0 saturated carbocycles. The number of fused-ring (bicyclic) bond motifs is 3. The molecule has 2 heterocycles. The van der Waals surface area contributed by atoms with Gasteiger partial charge in [-0.15, -0.1) is 0 Å². The van der Waals surface area contributed by atoms with E-state index in [9.17, 15) is 30.0 Å². The Labute approximate surface area is 336 Å². The third-order valence-corrected chi connectivity index (χ3v) is 10.7. The summed E-state index contributed by atoms with van der Waals surface area (Å²) in [5, 5.41) is 46.1. The Morgan fingerprint density at radius 1 is 0.707 bits per heavy atom. The minimum Gasteiger partial charge on any atom is -0.872 e. The predicted molar refractivity (Wildman–Crippen MR) is 229 cm³/mol. The number of benzene rings is 6. The summed E-state index contributed by atoms with van der Waals surface area (Å²) in [5.41, 5.74) is 8.40. The van der Waals surface area contributed by atoms with Crippen molar-refractivity contribution in [2.45, 2.75) is 20.3 Å². The molecule has 0 spiro atoms. The van der Waals surface area contributed by atoms with E-state index in [1.165, 1.54) is 57.1 Å². The number of rotatable bonds is 8. The van der Waals surface area contributed by atoms with E-state index in [2.05, 4.69) is 128 Å². The molecule has 8 aromatic rings. The van der Waals surface area contributed by atoms with Gasteiger partial charge < -0.3 is 29.9 Å². The lowest BCUT2D eigenvalue weighted by atomic mass is 9.90. The van der Waals surface area contributed by atoms with Gasteiger partial charge in [0.25, 0.3) is 0 Å². The van der Waals surface area contributed by atoms with E-state index >= 15 is 0 Å². The summed E-state index contributed by atoms with van der Waals surface area (Å²) in [6.45, 7) is 4.35. The van der Waals surface area contributed by atoms with E-state index in [0.29, 0.717) is 21.5 Å². The zero-order chi connectivity index (χ0) is 41.2. The number of nitrogens with zero attached hydrogens (tertiary/aromatic N) is 3. The molecule has 2 aromatic heterocycles. The highest BCUT2D eigenvalue weighted by atomic mass is 16.4. The molecule has 0 aliphatic carbocycles. The lowest BCUT2D eigenvalue weighted by molar-refractivity contribution is -0.646. The van der Waals surface area contributed by atoms with Crippen LogP contribution in [-0.2, 0) is 13.5 Å². The number of carboxylic acid groups (broad SMARTS) is 2. The highest BCUT2D eigenvalue weighted by Gasteiger charge is 2.20. The molecule has 0 bridgehead atoms. The lowest BCUT2D eigenvalue weighted by Gasteiger charge is -2.21. The first-order valence-corrected chi connectivity index (χ1v) is 18.8. The number of para-hydroxylation sites is 1. The third-order valence-electron chi connectivity index (χ3n) is 10.7. The number of pyridine rings is 1. The van der Waals surface area contributed by atoms with Crippen LogP contribution in [0.15, 0.2) is 127 Å². The molecule has 9 heteroatoms. The van der Waals surface area contributed by atoms with E-state index in [1.54, 1.807) is 48.5 Å². The molecule has 0 unspecified atom stereocenters. The zero-order valence-electron chi connectivity index (χ0n) is 32.9. The number of anilines is 1. The van der Waals surface area contributed by atoms with Gasteiger partial charge in [0.1, 0.15) is 18.4 Å². The largest absolute Gasteiger partial charge is 0.872 e. The predicted octanol–water partition coefficient (Wildman–Crippen LogP) is 9.07. The highest BCUT2D eigenvalue weighted by molar-refractivity contribution is 6.02. The molecule has 0 aliphatic rings. The molecule has 0 saturated heterocycles. The van der Waals surface area contributed by atoms with Gasteiger partial charge in [0.2, 0.25) is 11.2 Å². The summed E-state index contributed by atoms with van der Waals surface area (Å²) in [4.78, 5) is 25.3. The van der Waals surface area contributed by atoms with Crippen LogP contribution in [0.4, 0.5) is 5.69 Å². The highest BCUT2D eigenvalue weighted by Crippen LogP contribution is 2.38. The van der Waals surface area contributed by atoms with Gasteiger partial charge in [-0.1, -0.05) is 72.5 Å². The number of carbonyl (C=O) groups is 2. The summed E-state index contributed by atoms with van der Waals surface area (Å²) in [6, 6.07) is 40.3. The van der Waals surface area contributed by atoms with Gasteiger partial charge >= 0.3 is 11.9 Å². The number of hydrogen-bond acceptors (Lipinski definition) is 5. The quantitative estimate of drug-likeness (QED) is 0.132. The average molecular weight is 770 g/mol. The van der Waals surface area contributed by atoms with Crippen molar-refractivity contribution in [3.05, 3.63) is 172 Å². The van der Waals surface area contributed by atoms with E-state index < -0.39 is 23.4 Å². The molecule has 0 radical (unpaired) electrons. The zero-order valence-corrected chi connectivity index (χ0v) is 32.9. The first kappa shape index (κ1) is 38.9. The Morgan fingerprint density at radius 3 is 1.95 bits per heavy atom. The van der Waals surface area contributed by atoms with E-state index in [1.807, 2.05) is 0 Å². The molecule has 290 valence electrons. The number of aromatic nitrogens is 2. The van der Waals surface area contributed by atoms with Crippen molar-refractivity contribution >= 4 is 62.2 Å². The van der Waals surface area contributed by atoms with E-state index in [0.717, 1.165) is 0 Å². The van der Waals surface area contributed by atoms with Gasteiger partial charge in [0.05, 0.1) is 5.56 Å². The molecular formula is C49H43N3O6. The van der Waals surface area contributed by atoms with Gasteiger partial charge in [0.15, 0.2) is 0 Å². The van der Waals surface area contributed by atoms with Crippen molar-refractivity contribution in [3.8, 4) is 17.2 Å². The summed E-state index contributed by atoms with van der Waals surface area (Å²) in [7, 11) is 6.28. The van der Waals surface area contributed by atoms with Gasteiger partial charge in [0, 0.05) is 72.4 Å². The second-order valence-electron chi connectivity index (χ2n) is 14.5. The first-order chi connectivity index (χ1) is 27.8. The molecule has 3 N–H and O–H groups in total. The maximum atomic E-state index is 12.9. The fourth-order valence-electron chi connectivity index (χ4n) is 7.63. The molecule has 0 amide bonds.